The fourth-order valence-electron chi connectivity index (χ4n) is 0.929. The first-order valence-electron chi connectivity index (χ1n) is 3.47. The number of halogens is 1. The minimum absolute atomic E-state index is 0.0595. The Balaban J connectivity index is 3.28. The van der Waals surface area contributed by atoms with Crippen molar-refractivity contribution < 1.29 is 9.31 Å². The van der Waals surface area contributed by atoms with Gasteiger partial charge in [0.25, 0.3) is 5.69 Å². The predicted molar refractivity (Wildman–Crippen MR) is 47.0 cm³/mol. The highest BCUT2D eigenvalue weighted by molar-refractivity contribution is 5.66. The number of nitrogen functional groups attached to an aromatic ring is 1. The summed E-state index contributed by atoms with van der Waals surface area (Å²) < 4.78 is 13.0. The van der Waals surface area contributed by atoms with Crippen LogP contribution < -0.4 is 11.1 Å². The molecule has 3 N–H and O–H groups in total. The topological polar surface area (TPSA) is 81.2 Å². The molecule has 0 atom stereocenters. The Hall–Kier alpha value is -1.85. The number of nitrogens with zero attached hydrogens (tertiary/aromatic N) is 1. The second-order valence-corrected chi connectivity index (χ2v) is 2.40. The van der Waals surface area contributed by atoms with Crippen molar-refractivity contribution >= 4 is 17.1 Å². The van der Waals surface area contributed by atoms with Crippen LogP contribution in [0.1, 0.15) is 0 Å². The minimum Gasteiger partial charge on any atom is -0.393 e. The number of nitro groups is 1. The van der Waals surface area contributed by atoms with Crippen LogP contribution in [-0.2, 0) is 0 Å². The molecule has 6 heteroatoms. The van der Waals surface area contributed by atoms with E-state index in [1.54, 1.807) is 0 Å². The van der Waals surface area contributed by atoms with E-state index < -0.39 is 16.4 Å². The van der Waals surface area contributed by atoms with Gasteiger partial charge in [-0.2, -0.15) is 0 Å². The lowest BCUT2D eigenvalue weighted by atomic mass is 10.2. The summed E-state index contributed by atoms with van der Waals surface area (Å²) in [5, 5.41) is 12.8. The van der Waals surface area contributed by atoms with Gasteiger partial charge in [0.05, 0.1) is 16.7 Å². The summed E-state index contributed by atoms with van der Waals surface area (Å²) in [4.78, 5) is 9.59. The van der Waals surface area contributed by atoms with Gasteiger partial charge in [0, 0.05) is 7.05 Å². The Labute approximate surface area is 73.5 Å². The number of nitrogens with one attached hydrogen (secondary N) is 1. The molecule has 0 aliphatic carbocycles. The minimum atomic E-state index is -0.724. The quantitative estimate of drug-likeness (QED) is 0.414. The molecule has 5 nitrogen and oxygen atoms in total. The molecule has 13 heavy (non-hydrogen) atoms. The Bertz CT molecular complexity index is 354. The molecule has 0 unspecified atom stereocenters. The van der Waals surface area contributed by atoms with Crippen LogP contribution >= 0.6 is 0 Å². The zero-order valence-corrected chi connectivity index (χ0v) is 6.87. The summed E-state index contributed by atoms with van der Waals surface area (Å²) >= 11 is 0. The third kappa shape index (κ3) is 1.66. The summed E-state index contributed by atoms with van der Waals surface area (Å²) in [6, 6.07) is 1.98. The smallest absolute Gasteiger partial charge is 0.295 e. The van der Waals surface area contributed by atoms with Crippen molar-refractivity contribution in [1.29, 1.82) is 0 Å². The van der Waals surface area contributed by atoms with E-state index >= 15 is 0 Å². The van der Waals surface area contributed by atoms with Crippen LogP contribution in [0.25, 0.3) is 0 Å². The molecule has 0 aliphatic rings. The van der Waals surface area contributed by atoms with Crippen molar-refractivity contribution in [2.45, 2.75) is 0 Å². The summed E-state index contributed by atoms with van der Waals surface area (Å²) in [5.74, 6) is -0.691. The third-order valence-electron chi connectivity index (χ3n) is 1.58. The largest absolute Gasteiger partial charge is 0.393 e. The zero-order valence-electron chi connectivity index (χ0n) is 6.87. The number of nitro benzene ring substituents is 1. The maximum absolute atomic E-state index is 13.0. The SMILES string of the molecule is CNc1cc(N)c([N+](=O)[O-])cc1F. The van der Waals surface area contributed by atoms with Crippen LogP contribution in [0.5, 0.6) is 0 Å². The molecule has 1 aromatic rings. The number of nitrogens with two attached hydrogens (primary N) is 1. The van der Waals surface area contributed by atoms with E-state index in [-0.39, 0.29) is 11.4 Å². The Morgan fingerprint density at radius 2 is 2.23 bits per heavy atom. The highest BCUT2D eigenvalue weighted by Gasteiger charge is 2.15. The first-order valence-corrected chi connectivity index (χ1v) is 3.47. The van der Waals surface area contributed by atoms with E-state index in [0.29, 0.717) is 0 Å². The van der Waals surface area contributed by atoms with Gasteiger partial charge in [-0.3, -0.25) is 10.1 Å². The van der Waals surface area contributed by atoms with E-state index in [9.17, 15) is 14.5 Å². The van der Waals surface area contributed by atoms with E-state index in [1.807, 2.05) is 0 Å². The molecular formula is C7H8FN3O2. The van der Waals surface area contributed by atoms with Crippen molar-refractivity contribution in [3.8, 4) is 0 Å². The maximum Gasteiger partial charge on any atom is 0.295 e. The lowest BCUT2D eigenvalue weighted by molar-refractivity contribution is -0.384. The third-order valence-corrected chi connectivity index (χ3v) is 1.58. The number of rotatable bonds is 2. The number of hydrogen-bond donors (Lipinski definition) is 2. The molecular weight excluding hydrogens is 177 g/mol. The van der Waals surface area contributed by atoms with Gasteiger partial charge in [0.2, 0.25) is 0 Å². The van der Waals surface area contributed by atoms with E-state index in [0.717, 1.165) is 6.07 Å². The average Bonchev–Trinajstić information content (AvgIpc) is 2.07. The van der Waals surface area contributed by atoms with Crippen LogP contribution in [0, 0.1) is 15.9 Å². The lowest BCUT2D eigenvalue weighted by Gasteiger charge is -2.03. The van der Waals surface area contributed by atoms with Gasteiger partial charge >= 0.3 is 0 Å². The Morgan fingerprint density at radius 3 is 2.69 bits per heavy atom. The predicted octanol–water partition coefficient (Wildman–Crippen LogP) is 1.36. The van der Waals surface area contributed by atoms with Gasteiger partial charge in [-0.25, -0.2) is 4.39 Å². The molecule has 0 amide bonds. The van der Waals surface area contributed by atoms with Crippen molar-refractivity contribution in [2.75, 3.05) is 18.1 Å². The molecule has 70 valence electrons. The van der Waals surface area contributed by atoms with Gasteiger partial charge in [0.15, 0.2) is 5.82 Å². The fourth-order valence-corrected chi connectivity index (χ4v) is 0.929. The zero-order chi connectivity index (χ0) is 10.0. The van der Waals surface area contributed by atoms with Gasteiger partial charge < -0.3 is 11.1 Å². The van der Waals surface area contributed by atoms with Gasteiger partial charge in [-0.15, -0.1) is 0 Å². The normalized spacial score (nSPS) is 9.69. The molecule has 0 fully saturated rings. The second kappa shape index (κ2) is 3.26. The summed E-state index contributed by atoms with van der Waals surface area (Å²) in [5.41, 5.74) is 4.98. The van der Waals surface area contributed by atoms with Crippen molar-refractivity contribution in [3.63, 3.8) is 0 Å². The first-order chi connectivity index (χ1) is 6.06. The number of anilines is 2. The standard InChI is InChI=1S/C7H8FN3O2/c1-10-6-3-5(9)7(11(12)13)2-4(6)8/h2-3,10H,9H2,1H3. The monoisotopic (exact) mass is 185 g/mol. The maximum atomic E-state index is 13.0. The van der Waals surface area contributed by atoms with Crippen LogP contribution in [-0.4, -0.2) is 12.0 Å². The van der Waals surface area contributed by atoms with Crippen molar-refractivity contribution in [2.24, 2.45) is 0 Å². The van der Waals surface area contributed by atoms with Gasteiger partial charge in [0.1, 0.15) is 5.69 Å². The molecule has 0 bridgehead atoms. The highest BCUT2D eigenvalue weighted by Crippen LogP contribution is 2.27. The lowest BCUT2D eigenvalue weighted by Crippen LogP contribution is -2.00. The fraction of sp³-hybridized carbons (Fsp3) is 0.143. The van der Waals surface area contributed by atoms with Gasteiger partial charge in [-0.05, 0) is 6.07 Å². The second-order valence-electron chi connectivity index (χ2n) is 2.40. The summed E-state index contributed by atoms with van der Waals surface area (Å²) in [6.07, 6.45) is 0. The highest BCUT2D eigenvalue weighted by atomic mass is 19.1. The molecule has 1 rings (SSSR count). The number of benzene rings is 1. The Morgan fingerprint density at radius 1 is 1.62 bits per heavy atom. The molecule has 0 saturated carbocycles. The molecule has 0 radical (unpaired) electrons. The molecule has 0 heterocycles. The summed E-state index contributed by atoms with van der Waals surface area (Å²) in [6.45, 7) is 0. The van der Waals surface area contributed by atoms with Gasteiger partial charge in [-0.1, -0.05) is 0 Å². The first kappa shape index (κ1) is 9.24. The number of hydrogen-bond acceptors (Lipinski definition) is 4. The molecule has 1 aromatic carbocycles. The van der Waals surface area contributed by atoms with Crippen molar-refractivity contribution in [1.82, 2.24) is 0 Å². The average molecular weight is 185 g/mol. The van der Waals surface area contributed by atoms with Crippen LogP contribution in [0.3, 0.4) is 0 Å². The molecule has 0 saturated heterocycles. The molecule has 0 aromatic heterocycles. The molecule has 0 aliphatic heterocycles. The molecule has 0 spiro atoms. The van der Waals surface area contributed by atoms with E-state index in [2.05, 4.69) is 5.32 Å². The summed E-state index contributed by atoms with van der Waals surface area (Å²) in [7, 11) is 1.50. The Kier molecular flexibility index (Phi) is 2.32. The van der Waals surface area contributed by atoms with Crippen LogP contribution in [0.15, 0.2) is 12.1 Å². The van der Waals surface area contributed by atoms with Crippen LogP contribution in [0.4, 0.5) is 21.5 Å². The van der Waals surface area contributed by atoms with E-state index in [1.165, 1.54) is 13.1 Å². The van der Waals surface area contributed by atoms with E-state index in [4.69, 9.17) is 5.73 Å². The van der Waals surface area contributed by atoms with Crippen LogP contribution in [0.2, 0.25) is 0 Å². The van der Waals surface area contributed by atoms with Crippen molar-refractivity contribution in [3.05, 3.63) is 28.1 Å².